The van der Waals surface area contributed by atoms with Crippen molar-refractivity contribution in [1.29, 1.82) is 0 Å². The van der Waals surface area contributed by atoms with Crippen LogP contribution in [0.1, 0.15) is 32.8 Å². The molecule has 19 heavy (non-hydrogen) atoms. The Balaban J connectivity index is 2.13. The van der Waals surface area contributed by atoms with E-state index in [0.29, 0.717) is 6.01 Å². The maximum Gasteiger partial charge on any atom is 0.321 e. The molecule has 100 valence electrons. The predicted molar refractivity (Wildman–Crippen MR) is 84.6 cm³/mol. The van der Waals surface area contributed by atoms with Gasteiger partial charge in [0.1, 0.15) is 5.75 Å². The Morgan fingerprint density at radius 3 is 2.21 bits per heavy atom. The quantitative estimate of drug-likeness (QED) is 0.742. The van der Waals surface area contributed by atoms with Crippen molar-refractivity contribution < 1.29 is 4.74 Å². The number of ether oxygens (including phenoxy) is 1. The minimum Gasteiger partial charge on any atom is -0.424 e. The minimum atomic E-state index is 0.192. The Morgan fingerprint density at radius 1 is 1.11 bits per heavy atom. The van der Waals surface area contributed by atoms with Gasteiger partial charge in [-0.1, -0.05) is 32.9 Å². The number of aromatic nitrogens is 2. The van der Waals surface area contributed by atoms with Crippen LogP contribution in [-0.2, 0) is 5.41 Å². The van der Waals surface area contributed by atoms with E-state index in [2.05, 4.69) is 65.5 Å². The number of hydrogen-bond acceptors (Lipinski definition) is 3. The molecule has 1 heterocycles. The third kappa shape index (κ3) is 3.65. The highest BCUT2D eigenvalue weighted by Crippen LogP contribution is 2.28. The zero-order valence-corrected chi connectivity index (χ0v) is 13.5. The van der Waals surface area contributed by atoms with E-state index < -0.39 is 0 Å². The molecule has 2 rings (SSSR count). The van der Waals surface area contributed by atoms with Gasteiger partial charge in [-0.15, -0.1) is 0 Å². The van der Waals surface area contributed by atoms with Gasteiger partial charge in [0.2, 0.25) is 0 Å². The van der Waals surface area contributed by atoms with Crippen LogP contribution in [0.5, 0.6) is 11.8 Å². The van der Waals surface area contributed by atoms with E-state index >= 15 is 0 Å². The third-order valence-electron chi connectivity index (χ3n) is 3.33. The number of rotatable bonds is 4. The van der Waals surface area contributed by atoms with Crippen LogP contribution in [0.15, 0.2) is 36.7 Å². The SMILES string of the molecule is CCC(C)(C)c1ccc(Oc2ncc(I)cn2)cc1. The Hall–Kier alpha value is -1.17. The molecule has 1 aromatic carbocycles. The van der Waals surface area contributed by atoms with Gasteiger partial charge in [-0.05, 0) is 52.1 Å². The monoisotopic (exact) mass is 368 g/mol. The smallest absolute Gasteiger partial charge is 0.321 e. The fourth-order valence-corrected chi connectivity index (χ4v) is 1.92. The summed E-state index contributed by atoms with van der Waals surface area (Å²) < 4.78 is 6.60. The second-order valence-electron chi connectivity index (χ2n) is 5.05. The Kier molecular flexibility index (Phi) is 4.39. The van der Waals surface area contributed by atoms with E-state index in [1.807, 2.05) is 12.1 Å². The molecular formula is C15H17IN2O. The minimum absolute atomic E-state index is 0.192. The van der Waals surface area contributed by atoms with Crippen LogP contribution < -0.4 is 4.74 Å². The lowest BCUT2D eigenvalue weighted by Crippen LogP contribution is -2.14. The fraction of sp³-hybridized carbons (Fsp3) is 0.333. The van der Waals surface area contributed by atoms with Gasteiger partial charge in [0.15, 0.2) is 0 Å². The highest BCUT2D eigenvalue weighted by atomic mass is 127. The molecular weight excluding hydrogens is 351 g/mol. The molecule has 0 atom stereocenters. The lowest BCUT2D eigenvalue weighted by atomic mass is 9.82. The summed E-state index contributed by atoms with van der Waals surface area (Å²) in [5.74, 6) is 0.761. The van der Waals surface area contributed by atoms with Crippen LogP contribution in [0.3, 0.4) is 0 Å². The number of halogens is 1. The molecule has 0 saturated carbocycles. The van der Waals surface area contributed by atoms with Gasteiger partial charge in [0, 0.05) is 16.0 Å². The van der Waals surface area contributed by atoms with Crippen LogP contribution in [-0.4, -0.2) is 9.97 Å². The number of hydrogen-bond donors (Lipinski definition) is 0. The molecule has 0 aliphatic carbocycles. The van der Waals surface area contributed by atoms with Gasteiger partial charge < -0.3 is 4.74 Å². The van der Waals surface area contributed by atoms with Gasteiger partial charge in [-0.2, -0.15) is 0 Å². The molecule has 0 unspecified atom stereocenters. The molecule has 0 amide bonds. The molecule has 0 aliphatic rings. The average Bonchev–Trinajstić information content (AvgIpc) is 2.42. The predicted octanol–water partition coefficient (Wildman–Crippen LogP) is 4.56. The van der Waals surface area contributed by atoms with Gasteiger partial charge in [-0.3, -0.25) is 0 Å². The molecule has 0 aliphatic heterocycles. The summed E-state index contributed by atoms with van der Waals surface area (Å²) in [5.41, 5.74) is 1.50. The maximum atomic E-state index is 5.61. The number of benzene rings is 1. The highest BCUT2D eigenvalue weighted by molar-refractivity contribution is 14.1. The van der Waals surface area contributed by atoms with E-state index in [9.17, 15) is 0 Å². The molecule has 0 saturated heterocycles. The fourth-order valence-electron chi connectivity index (χ4n) is 1.64. The van der Waals surface area contributed by atoms with Crippen molar-refractivity contribution in [3.8, 4) is 11.8 Å². The van der Waals surface area contributed by atoms with Crippen LogP contribution in [0.2, 0.25) is 0 Å². The third-order valence-corrected chi connectivity index (χ3v) is 3.88. The molecule has 1 aromatic heterocycles. The van der Waals surface area contributed by atoms with Gasteiger partial charge in [0.05, 0.1) is 0 Å². The van der Waals surface area contributed by atoms with Crippen molar-refractivity contribution in [1.82, 2.24) is 9.97 Å². The summed E-state index contributed by atoms with van der Waals surface area (Å²) in [4.78, 5) is 8.24. The topological polar surface area (TPSA) is 35.0 Å². The molecule has 0 bridgehead atoms. The van der Waals surface area contributed by atoms with Gasteiger partial charge in [-0.25, -0.2) is 9.97 Å². The summed E-state index contributed by atoms with van der Waals surface area (Å²) >= 11 is 2.16. The standard InChI is InChI=1S/C15H17IN2O/c1-4-15(2,3)11-5-7-13(8-6-11)19-14-17-9-12(16)10-18-14/h5-10H,4H2,1-3H3. The van der Waals surface area contributed by atoms with Crippen molar-refractivity contribution in [2.24, 2.45) is 0 Å². The molecule has 0 radical (unpaired) electrons. The molecule has 0 fully saturated rings. The van der Waals surface area contributed by atoms with Crippen LogP contribution in [0.4, 0.5) is 0 Å². The highest BCUT2D eigenvalue weighted by Gasteiger charge is 2.17. The second kappa shape index (κ2) is 5.86. The Bertz CT molecular complexity index is 535. The maximum absolute atomic E-state index is 5.61. The lowest BCUT2D eigenvalue weighted by Gasteiger charge is -2.23. The van der Waals surface area contributed by atoms with Crippen molar-refractivity contribution in [3.63, 3.8) is 0 Å². The molecule has 2 aromatic rings. The Morgan fingerprint density at radius 2 is 1.68 bits per heavy atom. The first-order valence-corrected chi connectivity index (χ1v) is 7.35. The summed E-state index contributed by atoms with van der Waals surface area (Å²) in [5, 5.41) is 0. The molecule has 4 heteroatoms. The molecule has 0 spiro atoms. The van der Waals surface area contributed by atoms with E-state index in [0.717, 1.165) is 15.7 Å². The van der Waals surface area contributed by atoms with Crippen molar-refractivity contribution in [2.45, 2.75) is 32.6 Å². The van der Waals surface area contributed by atoms with Crippen molar-refractivity contribution in [3.05, 3.63) is 45.8 Å². The first-order chi connectivity index (χ1) is 9.01. The Labute approximate surface area is 127 Å². The van der Waals surface area contributed by atoms with E-state index in [1.165, 1.54) is 5.56 Å². The van der Waals surface area contributed by atoms with E-state index in [-0.39, 0.29) is 5.41 Å². The zero-order chi connectivity index (χ0) is 13.9. The van der Waals surface area contributed by atoms with E-state index in [1.54, 1.807) is 12.4 Å². The van der Waals surface area contributed by atoms with Crippen molar-refractivity contribution >= 4 is 22.6 Å². The molecule has 0 N–H and O–H groups in total. The van der Waals surface area contributed by atoms with Crippen LogP contribution >= 0.6 is 22.6 Å². The first-order valence-electron chi connectivity index (χ1n) is 6.27. The second-order valence-corrected chi connectivity index (χ2v) is 6.29. The largest absolute Gasteiger partial charge is 0.424 e. The average molecular weight is 368 g/mol. The summed E-state index contributed by atoms with van der Waals surface area (Å²) in [6.45, 7) is 6.68. The van der Waals surface area contributed by atoms with Gasteiger partial charge in [0.25, 0.3) is 0 Å². The number of nitrogens with zero attached hydrogens (tertiary/aromatic N) is 2. The summed E-state index contributed by atoms with van der Waals surface area (Å²) in [6.07, 6.45) is 4.57. The molecule has 3 nitrogen and oxygen atoms in total. The van der Waals surface area contributed by atoms with Gasteiger partial charge >= 0.3 is 6.01 Å². The van der Waals surface area contributed by atoms with E-state index in [4.69, 9.17) is 4.74 Å². The normalized spacial score (nSPS) is 11.4. The van der Waals surface area contributed by atoms with Crippen LogP contribution in [0, 0.1) is 3.57 Å². The summed E-state index contributed by atoms with van der Waals surface area (Å²) in [7, 11) is 0. The van der Waals surface area contributed by atoms with Crippen molar-refractivity contribution in [2.75, 3.05) is 0 Å². The summed E-state index contributed by atoms with van der Waals surface area (Å²) in [6, 6.07) is 8.52. The van der Waals surface area contributed by atoms with Crippen LogP contribution in [0.25, 0.3) is 0 Å². The lowest BCUT2D eigenvalue weighted by molar-refractivity contribution is 0.440. The first kappa shape index (κ1) is 14.2. The zero-order valence-electron chi connectivity index (χ0n) is 11.4.